The fourth-order valence-corrected chi connectivity index (χ4v) is 9.26. The van der Waals surface area contributed by atoms with Gasteiger partial charge in [-0.1, -0.05) is 212 Å². The lowest BCUT2D eigenvalue weighted by Gasteiger charge is -2.26. The molecule has 0 aliphatic rings. The van der Waals surface area contributed by atoms with Gasteiger partial charge in [0.1, 0.15) is 0 Å². The first-order valence-corrected chi connectivity index (χ1v) is 21.7. The van der Waals surface area contributed by atoms with E-state index in [2.05, 4.69) is 266 Å². The van der Waals surface area contributed by atoms with Crippen LogP contribution in [0.2, 0.25) is 0 Å². The van der Waals surface area contributed by atoms with E-state index >= 15 is 0 Å². The minimum atomic E-state index is 1.10. The second kappa shape index (κ2) is 16.7. The predicted molar refractivity (Wildman–Crippen MR) is 269 cm³/mol. The van der Waals surface area contributed by atoms with Crippen molar-refractivity contribution < 1.29 is 0 Å². The molecule has 0 unspecified atom stereocenters. The van der Waals surface area contributed by atoms with Crippen molar-refractivity contribution in [2.45, 2.75) is 0 Å². The van der Waals surface area contributed by atoms with Gasteiger partial charge in [0.15, 0.2) is 0 Å². The third-order valence-corrected chi connectivity index (χ3v) is 12.3. The first-order chi connectivity index (χ1) is 31.3. The summed E-state index contributed by atoms with van der Waals surface area (Å²) >= 11 is 0. The molecule has 0 fully saturated rings. The summed E-state index contributed by atoms with van der Waals surface area (Å²) in [4.78, 5) is 2.34. The van der Waals surface area contributed by atoms with Gasteiger partial charge in [-0.05, 0) is 137 Å². The molecular formula is C62H43N. The zero-order valence-corrected chi connectivity index (χ0v) is 34.8. The molecule has 0 N–H and O–H groups in total. The number of fused-ring (bicyclic) bond motifs is 3. The first kappa shape index (κ1) is 37.7. The molecule has 0 saturated heterocycles. The topological polar surface area (TPSA) is 3.24 Å². The van der Waals surface area contributed by atoms with E-state index in [1.54, 1.807) is 0 Å². The van der Waals surface area contributed by atoms with Crippen molar-refractivity contribution in [3.05, 3.63) is 261 Å². The molecule has 11 aromatic carbocycles. The molecule has 0 saturated carbocycles. The van der Waals surface area contributed by atoms with E-state index in [0.29, 0.717) is 0 Å². The molecular weight excluding hydrogens is 759 g/mol. The van der Waals surface area contributed by atoms with Crippen LogP contribution in [0.3, 0.4) is 0 Å². The van der Waals surface area contributed by atoms with E-state index in [1.807, 2.05) is 0 Å². The molecule has 0 atom stereocenters. The van der Waals surface area contributed by atoms with Gasteiger partial charge in [-0.25, -0.2) is 0 Å². The number of hydrogen-bond acceptors (Lipinski definition) is 1. The Bertz CT molecular complexity index is 3320. The van der Waals surface area contributed by atoms with Crippen molar-refractivity contribution in [3.63, 3.8) is 0 Å². The van der Waals surface area contributed by atoms with E-state index in [4.69, 9.17) is 0 Å². The van der Waals surface area contributed by atoms with Crippen LogP contribution in [-0.2, 0) is 0 Å². The van der Waals surface area contributed by atoms with Gasteiger partial charge in [0.25, 0.3) is 0 Å². The molecule has 1 nitrogen and oxygen atoms in total. The molecule has 0 heterocycles. The van der Waals surface area contributed by atoms with Crippen LogP contribution in [0.15, 0.2) is 261 Å². The molecule has 0 bridgehead atoms. The van der Waals surface area contributed by atoms with Crippen molar-refractivity contribution in [2.24, 2.45) is 0 Å². The van der Waals surface area contributed by atoms with Crippen molar-refractivity contribution in [1.82, 2.24) is 0 Å². The van der Waals surface area contributed by atoms with Gasteiger partial charge in [0, 0.05) is 17.1 Å². The lowest BCUT2D eigenvalue weighted by Crippen LogP contribution is -2.09. The SMILES string of the molecule is c1ccc(-c2ccc(-c3ccc(N(c4ccccc4)c4ccc(-c5ccc6c(c5)c(-c5ccccc5)c(-c5ccccc5)c5ccccc56)cc4)cc3)cc2-c2ccccc2)cc1. The highest BCUT2D eigenvalue weighted by Gasteiger charge is 2.19. The minimum absolute atomic E-state index is 1.10. The zero-order chi connectivity index (χ0) is 42.0. The van der Waals surface area contributed by atoms with Gasteiger partial charge in [0.05, 0.1) is 0 Å². The summed E-state index contributed by atoms with van der Waals surface area (Å²) in [6, 6.07) is 94.4. The summed E-state index contributed by atoms with van der Waals surface area (Å²) in [6.45, 7) is 0. The Labute approximate surface area is 369 Å². The van der Waals surface area contributed by atoms with Crippen molar-refractivity contribution in [3.8, 4) is 66.8 Å². The normalized spacial score (nSPS) is 11.2. The molecule has 0 amide bonds. The van der Waals surface area contributed by atoms with Crippen molar-refractivity contribution >= 4 is 38.6 Å². The number of para-hydroxylation sites is 1. The van der Waals surface area contributed by atoms with Crippen molar-refractivity contribution in [1.29, 1.82) is 0 Å². The van der Waals surface area contributed by atoms with Crippen LogP contribution in [-0.4, -0.2) is 0 Å². The Morgan fingerprint density at radius 2 is 0.556 bits per heavy atom. The maximum atomic E-state index is 2.40. The highest BCUT2D eigenvalue weighted by atomic mass is 15.1. The Balaban J connectivity index is 0.978. The van der Waals surface area contributed by atoms with Gasteiger partial charge in [0.2, 0.25) is 0 Å². The summed E-state index contributed by atoms with van der Waals surface area (Å²) in [6.07, 6.45) is 0. The summed E-state index contributed by atoms with van der Waals surface area (Å²) < 4.78 is 0. The van der Waals surface area contributed by atoms with E-state index < -0.39 is 0 Å². The number of anilines is 3. The van der Waals surface area contributed by atoms with Crippen LogP contribution in [0, 0.1) is 0 Å². The third kappa shape index (κ3) is 7.26. The second-order valence-electron chi connectivity index (χ2n) is 16.0. The summed E-state index contributed by atoms with van der Waals surface area (Å²) in [5, 5.41) is 5.03. The van der Waals surface area contributed by atoms with E-state index in [9.17, 15) is 0 Å². The van der Waals surface area contributed by atoms with E-state index in [1.165, 1.54) is 88.3 Å². The fraction of sp³-hybridized carbons (Fsp3) is 0. The Morgan fingerprint density at radius 3 is 1.10 bits per heavy atom. The predicted octanol–water partition coefficient (Wildman–Crippen LogP) is 17.5. The largest absolute Gasteiger partial charge is 0.311 e. The smallest absolute Gasteiger partial charge is 0.0462 e. The summed E-state index contributed by atoms with van der Waals surface area (Å²) in [7, 11) is 0. The molecule has 1 heteroatoms. The van der Waals surface area contributed by atoms with Gasteiger partial charge in [-0.15, -0.1) is 0 Å². The Hall–Kier alpha value is -8.26. The van der Waals surface area contributed by atoms with Gasteiger partial charge >= 0.3 is 0 Å². The molecule has 11 rings (SSSR count). The van der Waals surface area contributed by atoms with Crippen LogP contribution >= 0.6 is 0 Å². The van der Waals surface area contributed by atoms with Crippen LogP contribution in [0.4, 0.5) is 17.1 Å². The maximum Gasteiger partial charge on any atom is 0.0462 e. The van der Waals surface area contributed by atoms with Crippen molar-refractivity contribution in [2.75, 3.05) is 4.90 Å². The average Bonchev–Trinajstić information content (AvgIpc) is 3.37. The minimum Gasteiger partial charge on any atom is -0.311 e. The lowest BCUT2D eigenvalue weighted by atomic mass is 9.84. The summed E-state index contributed by atoms with van der Waals surface area (Å²) in [5.41, 5.74) is 17.8. The highest BCUT2D eigenvalue weighted by Crippen LogP contribution is 2.46. The number of hydrogen-bond donors (Lipinski definition) is 0. The molecule has 0 aliphatic carbocycles. The molecule has 0 aromatic heterocycles. The molecule has 11 aromatic rings. The summed E-state index contributed by atoms with van der Waals surface area (Å²) in [5.74, 6) is 0. The second-order valence-corrected chi connectivity index (χ2v) is 16.0. The average molecular weight is 802 g/mol. The van der Waals surface area contributed by atoms with Crippen LogP contribution in [0.5, 0.6) is 0 Å². The lowest BCUT2D eigenvalue weighted by molar-refractivity contribution is 1.28. The zero-order valence-electron chi connectivity index (χ0n) is 34.8. The molecule has 0 spiro atoms. The van der Waals surface area contributed by atoms with Crippen LogP contribution in [0.25, 0.3) is 88.3 Å². The van der Waals surface area contributed by atoms with Gasteiger partial charge in [-0.3, -0.25) is 0 Å². The molecule has 0 aliphatic heterocycles. The van der Waals surface area contributed by atoms with Gasteiger partial charge < -0.3 is 4.90 Å². The molecule has 0 radical (unpaired) electrons. The highest BCUT2D eigenvalue weighted by molar-refractivity contribution is 6.22. The third-order valence-electron chi connectivity index (χ3n) is 12.3. The van der Waals surface area contributed by atoms with Crippen LogP contribution < -0.4 is 4.90 Å². The van der Waals surface area contributed by atoms with Crippen LogP contribution in [0.1, 0.15) is 0 Å². The number of benzene rings is 11. The Morgan fingerprint density at radius 1 is 0.190 bits per heavy atom. The monoisotopic (exact) mass is 801 g/mol. The number of rotatable bonds is 9. The molecule has 63 heavy (non-hydrogen) atoms. The number of nitrogens with zero attached hydrogens (tertiary/aromatic N) is 1. The van der Waals surface area contributed by atoms with Gasteiger partial charge in [-0.2, -0.15) is 0 Å². The van der Waals surface area contributed by atoms with E-state index in [0.717, 1.165) is 17.1 Å². The first-order valence-electron chi connectivity index (χ1n) is 21.7. The fourth-order valence-electron chi connectivity index (χ4n) is 9.26. The maximum absolute atomic E-state index is 2.40. The molecule has 296 valence electrons. The van der Waals surface area contributed by atoms with E-state index in [-0.39, 0.29) is 0 Å². The Kier molecular flexibility index (Phi) is 9.97. The standard InChI is InChI=1S/C62H43N/c1-6-18-46(19-7-1)55-40-34-50(42-59(55)47-20-8-2-9-21-47)44-30-36-53(37-31-44)63(52-26-14-5-15-27-52)54-38-32-45(33-39-54)51-35-41-57-56-28-16-17-29-58(56)61(48-22-10-3-11-23-48)62(60(57)43-51)49-24-12-4-13-25-49/h1-43H. The quantitative estimate of drug-likeness (QED) is 0.131.